The van der Waals surface area contributed by atoms with Crippen LogP contribution in [0.2, 0.25) is 0 Å². The Balaban J connectivity index is 3.19. The Morgan fingerprint density at radius 1 is 1.53 bits per heavy atom. The summed E-state index contributed by atoms with van der Waals surface area (Å²) in [6, 6.07) is 1.16. The highest BCUT2D eigenvalue weighted by molar-refractivity contribution is 5.93. The molecule has 104 valence electrons. The molecule has 8 nitrogen and oxygen atoms in total. The molecule has 0 aliphatic carbocycles. The van der Waals surface area contributed by atoms with Gasteiger partial charge in [0.1, 0.15) is 17.6 Å². The first-order valence-electron chi connectivity index (χ1n) is 5.74. The molecule has 1 rings (SSSR count). The van der Waals surface area contributed by atoms with Crippen molar-refractivity contribution in [3.05, 3.63) is 27.9 Å². The quantitative estimate of drug-likeness (QED) is 0.557. The van der Waals surface area contributed by atoms with Gasteiger partial charge in [0, 0.05) is 19.2 Å². The number of aliphatic hydroxyl groups is 1. The molecule has 0 saturated heterocycles. The molecule has 1 aromatic heterocycles. The zero-order valence-electron chi connectivity index (χ0n) is 10.4. The van der Waals surface area contributed by atoms with E-state index in [1.54, 1.807) is 4.90 Å². The normalized spacial score (nSPS) is 10.2. The first-order chi connectivity index (χ1) is 9.01. The fraction of sp³-hybridized carbons (Fsp3) is 0.455. The van der Waals surface area contributed by atoms with Crippen LogP contribution in [0, 0.1) is 10.1 Å². The number of pyridine rings is 1. The van der Waals surface area contributed by atoms with Crippen molar-refractivity contribution in [1.29, 1.82) is 0 Å². The molecule has 0 aliphatic rings. The van der Waals surface area contributed by atoms with Crippen LogP contribution in [0.4, 0.5) is 11.5 Å². The number of hydrogen-bond acceptors (Lipinski definition) is 6. The Labute approximate surface area is 109 Å². The molecule has 8 heteroatoms. The summed E-state index contributed by atoms with van der Waals surface area (Å²) >= 11 is 0. The van der Waals surface area contributed by atoms with Crippen molar-refractivity contribution < 1.29 is 19.9 Å². The van der Waals surface area contributed by atoms with Gasteiger partial charge in [-0.2, -0.15) is 0 Å². The van der Waals surface area contributed by atoms with Crippen molar-refractivity contribution >= 4 is 17.5 Å². The Morgan fingerprint density at radius 2 is 2.21 bits per heavy atom. The Bertz CT molecular complexity index is 471. The Hall–Kier alpha value is -2.22. The number of carbonyl (C=O) groups is 1. The summed E-state index contributed by atoms with van der Waals surface area (Å²) in [6.45, 7) is 2.68. The molecule has 0 amide bonds. The lowest BCUT2D eigenvalue weighted by atomic mass is 10.2. The summed E-state index contributed by atoms with van der Waals surface area (Å²) in [5, 5.41) is 28.6. The van der Waals surface area contributed by atoms with Crippen LogP contribution < -0.4 is 4.90 Å². The number of nitrogens with zero attached hydrogens (tertiary/aromatic N) is 3. The predicted octanol–water partition coefficient (Wildman–Crippen LogP) is 0.897. The predicted molar refractivity (Wildman–Crippen MR) is 67.4 cm³/mol. The molecule has 1 heterocycles. The fourth-order valence-electron chi connectivity index (χ4n) is 1.66. The van der Waals surface area contributed by atoms with Crippen molar-refractivity contribution in [2.75, 3.05) is 24.6 Å². The van der Waals surface area contributed by atoms with Crippen molar-refractivity contribution in [1.82, 2.24) is 4.98 Å². The van der Waals surface area contributed by atoms with Gasteiger partial charge in [0.15, 0.2) is 0 Å². The summed E-state index contributed by atoms with van der Waals surface area (Å²) < 4.78 is 0. The summed E-state index contributed by atoms with van der Waals surface area (Å²) in [5.41, 5.74) is -0.953. The lowest BCUT2D eigenvalue weighted by molar-refractivity contribution is -0.385. The molecule has 0 unspecified atom stereocenters. The van der Waals surface area contributed by atoms with Gasteiger partial charge >= 0.3 is 11.7 Å². The molecule has 0 bridgehead atoms. The highest BCUT2D eigenvalue weighted by Crippen LogP contribution is 2.22. The molecule has 0 radical (unpaired) electrons. The number of carboxylic acids is 1. The first-order valence-corrected chi connectivity index (χ1v) is 5.74. The monoisotopic (exact) mass is 269 g/mol. The second-order valence-electron chi connectivity index (χ2n) is 3.83. The van der Waals surface area contributed by atoms with Crippen LogP contribution >= 0.6 is 0 Å². The number of anilines is 1. The maximum atomic E-state index is 11.0. The molecule has 0 spiro atoms. The molecule has 0 atom stereocenters. The summed E-state index contributed by atoms with van der Waals surface area (Å²) in [4.78, 5) is 26.5. The zero-order chi connectivity index (χ0) is 14.4. The van der Waals surface area contributed by atoms with Crippen LogP contribution in [0.5, 0.6) is 0 Å². The molecule has 0 fully saturated rings. The fourth-order valence-corrected chi connectivity index (χ4v) is 1.66. The van der Waals surface area contributed by atoms with Gasteiger partial charge in [-0.15, -0.1) is 0 Å². The van der Waals surface area contributed by atoms with Crippen LogP contribution in [-0.2, 0) is 0 Å². The number of carboxylic acid groups (broad SMARTS) is 1. The van der Waals surface area contributed by atoms with Gasteiger partial charge in [0.05, 0.1) is 11.5 Å². The molecule has 0 aromatic carbocycles. The molecule has 1 aromatic rings. The minimum atomic E-state index is -1.38. The third-order valence-corrected chi connectivity index (χ3v) is 2.48. The van der Waals surface area contributed by atoms with E-state index in [0.29, 0.717) is 12.4 Å². The van der Waals surface area contributed by atoms with Gasteiger partial charge in [-0.05, 0) is 6.42 Å². The second-order valence-corrected chi connectivity index (χ2v) is 3.83. The topological polar surface area (TPSA) is 117 Å². The summed E-state index contributed by atoms with van der Waals surface area (Å²) in [7, 11) is 0. The van der Waals surface area contributed by atoms with Crippen LogP contribution in [0.3, 0.4) is 0 Å². The van der Waals surface area contributed by atoms with Gasteiger partial charge in [0.25, 0.3) is 0 Å². The van der Waals surface area contributed by atoms with E-state index >= 15 is 0 Å². The van der Waals surface area contributed by atoms with Gasteiger partial charge in [-0.25, -0.2) is 9.78 Å². The average molecular weight is 269 g/mol. The molecular formula is C11H15N3O5. The maximum Gasteiger partial charge on any atom is 0.342 e. The van der Waals surface area contributed by atoms with Gasteiger partial charge < -0.3 is 15.1 Å². The van der Waals surface area contributed by atoms with E-state index in [1.807, 2.05) is 6.92 Å². The lowest BCUT2D eigenvalue weighted by Crippen LogP contribution is -2.28. The average Bonchev–Trinajstić information content (AvgIpc) is 2.37. The summed E-state index contributed by atoms with van der Waals surface area (Å²) in [5.74, 6) is -1.07. The van der Waals surface area contributed by atoms with E-state index in [-0.39, 0.29) is 13.2 Å². The second kappa shape index (κ2) is 6.64. The van der Waals surface area contributed by atoms with E-state index in [2.05, 4.69) is 4.98 Å². The van der Waals surface area contributed by atoms with Crippen molar-refractivity contribution in [2.45, 2.75) is 13.3 Å². The maximum absolute atomic E-state index is 11.0. The molecule has 2 N–H and O–H groups in total. The van der Waals surface area contributed by atoms with Crippen molar-refractivity contribution in [2.24, 2.45) is 0 Å². The molecular weight excluding hydrogens is 254 g/mol. The van der Waals surface area contributed by atoms with E-state index in [4.69, 9.17) is 10.2 Å². The number of hydrogen-bond donors (Lipinski definition) is 2. The first kappa shape index (κ1) is 14.8. The molecule has 0 saturated carbocycles. The number of aromatic carboxylic acids is 1. The van der Waals surface area contributed by atoms with Gasteiger partial charge in [-0.1, -0.05) is 6.92 Å². The standard InChI is InChI=1S/C11H15N3O5/c1-2-3-13(4-5-15)10-6-8(11(16)17)9(7-12-10)14(18)19/h6-7,15H,2-5H2,1H3,(H,16,17). The molecule has 0 aliphatic heterocycles. The Morgan fingerprint density at radius 3 is 2.68 bits per heavy atom. The van der Waals surface area contributed by atoms with E-state index in [1.165, 1.54) is 0 Å². The van der Waals surface area contributed by atoms with Crippen molar-refractivity contribution in [3.8, 4) is 0 Å². The minimum Gasteiger partial charge on any atom is -0.477 e. The number of aliphatic hydroxyl groups excluding tert-OH is 1. The SMILES string of the molecule is CCCN(CCO)c1cc(C(=O)O)c([N+](=O)[O-])cn1. The number of aromatic nitrogens is 1. The van der Waals surface area contributed by atoms with Crippen LogP contribution in [-0.4, -0.2) is 45.8 Å². The van der Waals surface area contributed by atoms with Crippen molar-refractivity contribution in [3.63, 3.8) is 0 Å². The minimum absolute atomic E-state index is 0.110. The largest absolute Gasteiger partial charge is 0.477 e. The third kappa shape index (κ3) is 3.62. The number of rotatable bonds is 7. The molecule has 19 heavy (non-hydrogen) atoms. The Kier molecular flexibility index (Phi) is 5.19. The van der Waals surface area contributed by atoms with E-state index < -0.39 is 22.1 Å². The number of nitro groups is 1. The van der Waals surface area contributed by atoms with Crippen LogP contribution in [0.1, 0.15) is 23.7 Å². The van der Waals surface area contributed by atoms with Gasteiger partial charge in [0.2, 0.25) is 0 Å². The smallest absolute Gasteiger partial charge is 0.342 e. The highest BCUT2D eigenvalue weighted by atomic mass is 16.6. The van der Waals surface area contributed by atoms with Crippen LogP contribution in [0.15, 0.2) is 12.3 Å². The van der Waals surface area contributed by atoms with Gasteiger partial charge in [-0.3, -0.25) is 10.1 Å². The third-order valence-electron chi connectivity index (χ3n) is 2.48. The highest BCUT2D eigenvalue weighted by Gasteiger charge is 2.22. The van der Waals surface area contributed by atoms with E-state index in [9.17, 15) is 14.9 Å². The van der Waals surface area contributed by atoms with Crippen LogP contribution in [0.25, 0.3) is 0 Å². The summed E-state index contributed by atoms with van der Waals surface area (Å²) in [6.07, 6.45) is 1.71. The zero-order valence-corrected chi connectivity index (χ0v) is 10.4. The van der Waals surface area contributed by atoms with E-state index in [0.717, 1.165) is 18.7 Å². The lowest BCUT2D eigenvalue weighted by Gasteiger charge is -2.22.